The maximum Gasteiger partial charge on any atom is 0.0359 e. The first-order valence-electron chi connectivity index (χ1n) is 6.22. The largest absolute Gasteiger partial charge is 0.351 e. The average molecular weight is 240 g/mol. The molecule has 0 aliphatic rings. The van der Waals surface area contributed by atoms with Crippen molar-refractivity contribution in [3.63, 3.8) is 0 Å². The Bertz CT molecular complexity index is 271. The fraction of sp³-hybridized carbons (Fsp3) is 0.692. The van der Waals surface area contributed by atoms with Crippen LogP contribution in [-0.4, -0.2) is 23.1 Å². The lowest BCUT2D eigenvalue weighted by Crippen LogP contribution is -2.17. The van der Waals surface area contributed by atoms with Crippen LogP contribution in [-0.2, 0) is 13.1 Å². The molecule has 1 N–H and O–H groups in total. The summed E-state index contributed by atoms with van der Waals surface area (Å²) in [6.07, 6.45) is 8.33. The number of nitrogens with zero attached hydrogens (tertiary/aromatic N) is 1. The van der Waals surface area contributed by atoms with Gasteiger partial charge in [0.2, 0.25) is 0 Å². The second-order valence-corrected chi connectivity index (χ2v) is 5.00. The maximum absolute atomic E-state index is 3.51. The quantitative estimate of drug-likeness (QED) is 0.668. The van der Waals surface area contributed by atoms with E-state index in [0.717, 1.165) is 19.6 Å². The van der Waals surface area contributed by atoms with Crippen LogP contribution in [0.5, 0.6) is 0 Å². The number of thioether (sulfide) groups is 1. The maximum atomic E-state index is 3.51. The minimum Gasteiger partial charge on any atom is -0.351 e. The summed E-state index contributed by atoms with van der Waals surface area (Å²) >= 11 is 1.94. The van der Waals surface area contributed by atoms with Crippen molar-refractivity contribution in [3.05, 3.63) is 24.0 Å². The van der Waals surface area contributed by atoms with E-state index in [1.165, 1.54) is 30.7 Å². The molecule has 0 fully saturated rings. The molecule has 16 heavy (non-hydrogen) atoms. The van der Waals surface area contributed by atoms with Crippen LogP contribution in [0, 0.1) is 0 Å². The highest BCUT2D eigenvalue weighted by Gasteiger charge is 1.97. The molecule has 0 saturated heterocycles. The molecule has 0 radical (unpaired) electrons. The van der Waals surface area contributed by atoms with Gasteiger partial charge in [0, 0.05) is 25.0 Å². The third kappa shape index (κ3) is 5.08. The Hall–Kier alpha value is -0.410. The zero-order chi connectivity index (χ0) is 11.6. The van der Waals surface area contributed by atoms with Crippen LogP contribution in [0.15, 0.2) is 18.3 Å². The topological polar surface area (TPSA) is 17.0 Å². The molecule has 0 aliphatic heterocycles. The molecule has 0 aromatic carbocycles. The van der Waals surface area contributed by atoms with E-state index in [2.05, 4.69) is 41.4 Å². The minimum atomic E-state index is 1.00. The minimum absolute atomic E-state index is 1.00. The second kappa shape index (κ2) is 8.71. The molecule has 0 spiro atoms. The predicted octanol–water partition coefficient (Wildman–Crippen LogP) is 3.13. The van der Waals surface area contributed by atoms with Gasteiger partial charge in [0.15, 0.2) is 0 Å². The fourth-order valence-electron chi connectivity index (χ4n) is 1.81. The van der Waals surface area contributed by atoms with Crippen molar-refractivity contribution in [2.45, 2.75) is 39.3 Å². The van der Waals surface area contributed by atoms with Gasteiger partial charge in [0.1, 0.15) is 0 Å². The van der Waals surface area contributed by atoms with Crippen LogP contribution in [0.4, 0.5) is 0 Å². The van der Waals surface area contributed by atoms with Gasteiger partial charge in [0.25, 0.3) is 0 Å². The normalized spacial score (nSPS) is 10.9. The van der Waals surface area contributed by atoms with Crippen LogP contribution < -0.4 is 5.32 Å². The SMILES string of the molecule is CCn1cccc1CNCCCCCSC. The smallest absolute Gasteiger partial charge is 0.0359 e. The van der Waals surface area contributed by atoms with Gasteiger partial charge in [0.05, 0.1) is 0 Å². The molecule has 1 heterocycles. The number of hydrogen-bond acceptors (Lipinski definition) is 2. The Morgan fingerprint density at radius 2 is 2.19 bits per heavy atom. The molecule has 0 amide bonds. The van der Waals surface area contributed by atoms with Crippen LogP contribution in [0.2, 0.25) is 0 Å². The highest BCUT2D eigenvalue weighted by molar-refractivity contribution is 7.98. The number of nitrogens with one attached hydrogen (secondary N) is 1. The lowest BCUT2D eigenvalue weighted by molar-refractivity contribution is 0.591. The molecule has 1 aromatic rings. The van der Waals surface area contributed by atoms with E-state index in [-0.39, 0.29) is 0 Å². The Kier molecular flexibility index (Phi) is 7.43. The van der Waals surface area contributed by atoms with Crippen molar-refractivity contribution < 1.29 is 0 Å². The summed E-state index contributed by atoms with van der Waals surface area (Å²) in [5, 5.41) is 3.51. The Balaban J connectivity index is 2.03. The molecule has 3 heteroatoms. The Morgan fingerprint density at radius 3 is 2.94 bits per heavy atom. The van der Waals surface area contributed by atoms with Gasteiger partial charge in [-0.05, 0) is 50.5 Å². The summed E-state index contributed by atoms with van der Waals surface area (Å²) in [6.45, 7) is 5.40. The lowest BCUT2D eigenvalue weighted by atomic mass is 10.2. The van der Waals surface area contributed by atoms with E-state index < -0.39 is 0 Å². The number of unbranched alkanes of at least 4 members (excludes halogenated alkanes) is 2. The molecule has 0 bridgehead atoms. The zero-order valence-corrected chi connectivity index (χ0v) is 11.4. The fourth-order valence-corrected chi connectivity index (χ4v) is 2.30. The molecule has 2 nitrogen and oxygen atoms in total. The summed E-state index contributed by atoms with van der Waals surface area (Å²) in [7, 11) is 0. The third-order valence-electron chi connectivity index (χ3n) is 2.77. The van der Waals surface area contributed by atoms with E-state index in [4.69, 9.17) is 0 Å². The molecule has 0 unspecified atom stereocenters. The van der Waals surface area contributed by atoms with Gasteiger partial charge >= 0.3 is 0 Å². The molecular weight excluding hydrogens is 216 g/mol. The summed E-state index contributed by atoms with van der Waals surface area (Å²) in [4.78, 5) is 0. The second-order valence-electron chi connectivity index (χ2n) is 4.02. The van der Waals surface area contributed by atoms with Crippen molar-refractivity contribution in [3.8, 4) is 0 Å². The van der Waals surface area contributed by atoms with Crippen LogP contribution >= 0.6 is 11.8 Å². The van der Waals surface area contributed by atoms with Gasteiger partial charge in [-0.3, -0.25) is 0 Å². The number of hydrogen-bond donors (Lipinski definition) is 1. The van der Waals surface area contributed by atoms with Crippen molar-refractivity contribution in [1.82, 2.24) is 9.88 Å². The van der Waals surface area contributed by atoms with E-state index in [0.29, 0.717) is 0 Å². The monoisotopic (exact) mass is 240 g/mol. The van der Waals surface area contributed by atoms with Crippen LogP contribution in [0.1, 0.15) is 31.9 Å². The summed E-state index contributed by atoms with van der Waals surface area (Å²) < 4.78 is 2.29. The summed E-state index contributed by atoms with van der Waals surface area (Å²) in [6, 6.07) is 4.32. The van der Waals surface area contributed by atoms with Crippen molar-refractivity contribution >= 4 is 11.8 Å². The molecular formula is C13H24N2S. The van der Waals surface area contributed by atoms with E-state index in [9.17, 15) is 0 Å². The van der Waals surface area contributed by atoms with Gasteiger partial charge in [-0.2, -0.15) is 11.8 Å². The lowest BCUT2D eigenvalue weighted by Gasteiger charge is -2.07. The first kappa shape index (κ1) is 13.7. The van der Waals surface area contributed by atoms with Crippen molar-refractivity contribution in [2.24, 2.45) is 0 Å². The van der Waals surface area contributed by atoms with Gasteiger partial charge in [-0.25, -0.2) is 0 Å². The van der Waals surface area contributed by atoms with E-state index in [1.54, 1.807) is 0 Å². The molecule has 0 aliphatic carbocycles. The molecule has 0 atom stereocenters. The van der Waals surface area contributed by atoms with E-state index in [1.807, 2.05) is 11.8 Å². The predicted molar refractivity (Wildman–Crippen MR) is 74.0 cm³/mol. The average Bonchev–Trinajstić information content (AvgIpc) is 2.75. The standard InChI is InChI=1S/C13H24N2S/c1-3-15-10-7-8-13(15)12-14-9-5-4-6-11-16-2/h7-8,10,14H,3-6,9,11-12H2,1-2H3. The number of rotatable bonds is 9. The van der Waals surface area contributed by atoms with Crippen LogP contribution in [0.25, 0.3) is 0 Å². The third-order valence-corrected chi connectivity index (χ3v) is 3.47. The Morgan fingerprint density at radius 1 is 1.31 bits per heavy atom. The molecule has 1 aromatic heterocycles. The first-order valence-corrected chi connectivity index (χ1v) is 7.61. The van der Waals surface area contributed by atoms with Crippen molar-refractivity contribution in [1.29, 1.82) is 0 Å². The Labute approximate surface area is 104 Å². The number of aromatic nitrogens is 1. The molecule has 0 saturated carbocycles. The summed E-state index contributed by atoms with van der Waals surface area (Å²) in [5.41, 5.74) is 1.40. The van der Waals surface area contributed by atoms with Gasteiger partial charge < -0.3 is 9.88 Å². The highest BCUT2D eigenvalue weighted by Crippen LogP contribution is 2.03. The molecule has 1 rings (SSSR count). The number of aryl methyl sites for hydroxylation is 1. The first-order chi connectivity index (χ1) is 7.88. The van der Waals surface area contributed by atoms with Crippen molar-refractivity contribution in [2.75, 3.05) is 18.6 Å². The van der Waals surface area contributed by atoms with Crippen LogP contribution in [0.3, 0.4) is 0 Å². The van der Waals surface area contributed by atoms with E-state index >= 15 is 0 Å². The molecule has 92 valence electrons. The summed E-state index contributed by atoms with van der Waals surface area (Å²) in [5.74, 6) is 1.30. The highest BCUT2D eigenvalue weighted by atomic mass is 32.2. The van der Waals surface area contributed by atoms with Gasteiger partial charge in [-0.15, -0.1) is 0 Å². The van der Waals surface area contributed by atoms with Gasteiger partial charge in [-0.1, -0.05) is 6.42 Å². The zero-order valence-electron chi connectivity index (χ0n) is 10.5.